The monoisotopic (exact) mass is 342 g/mol. The van der Waals surface area contributed by atoms with Crippen LogP contribution in [0.15, 0.2) is 41.1 Å². The third kappa shape index (κ3) is 3.61. The highest BCUT2D eigenvalue weighted by Gasteiger charge is 2.50. The van der Waals surface area contributed by atoms with E-state index in [2.05, 4.69) is 18.8 Å². The lowest BCUT2D eigenvalue weighted by Crippen LogP contribution is -2.49. The molecule has 3 rings (SSSR count). The van der Waals surface area contributed by atoms with Crippen LogP contribution in [0.4, 0.5) is 0 Å². The summed E-state index contributed by atoms with van der Waals surface area (Å²) in [7, 11) is 0. The predicted octanol–water partition coefficient (Wildman–Crippen LogP) is 3.97. The maximum atomic E-state index is 13.3. The van der Waals surface area contributed by atoms with Gasteiger partial charge in [-0.2, -0.15) is 0 Å². The largest absolute Gasteiger partial charge is 0.448 e. The molecule has 1 aromatic heterocycles. The molecule has 1 aliphatic rings. The van der Waals surface area contributed by atoms with Crippen molar-refractivity contribution in [1.29, 1.82) is 0 Å². The van der Waals surface area contributed by atoms with Crippen molar-refractivity contribution in [2.45, 2.75) is 64.8 Å². The molecule has 0 N–H and O–H groups in total. The van der Waals surface area contributed by atoms with Gasteiger partial charge in [0.1, 0.15) is 5.76 Å². The number of nitrogens with zero attached hydrogens (tertiary/aromatic N) is 2. The average molecular weight is 342 g/mol. The highest BCUT2D eigenvalue weighted by atomic mass is 16.5. The van der Waals surface area contributed by atoms with Crippen LogP contribution in [0, 0.1) is 6.92 Å². The van der Waals surface area contributed by atoms with Crippen molar-refractivity contribution in [1.82, 2.24) is 9.88 Å². The van der Waals surface area contributed by atoms with Gasteiger partial charge in [0, 0.05) is 6.54 Å². The van der Waals surface area contributed by atoms with Crippen molar-refractivity contribution < 1.29 is 13.9 Å². The van der Waals surface area contributed by atoms with Gasteiger partial charge in [0.25, 0.3) is 5.91 Å². The summed E-state index contributed by atoms with van der Waals surface area (Å²) in [4.78, 5) is 19.3. The third-order valence-corrected chi connectivity index (χ3v) is 4.81. The summed E-state index contributed by atoms with van der Waals surface area (Å²) in [5, 5.41) is 0. The van der Waals surface area contributed by atoms with Crippen LogP contribution < -0.4 is 0 Å². The Bertz CT molecular complexity index is 749. The van der Waals surface area contributed by atoms with Crippen molar-refractivity contribution in [2.24, 2.45) is 0 Å². The van der Waals surface area contributed by atoms with Crippen LogP contribution in [-0.2, 0) is 11.3 Å². The van der Waals surface area contributed by atoms with Crippen molar-refractivity contribution in [3.05, 3.63) is 53.7 Å². The fraction of sp³-hybridized carbons (Fsp3) is 0.500. The van der Waals surface area contributed by atoms with Crippen LogP contribution in [0.5, 0.6) is 0 Å². The van der Waals surface area contributed by atoms with E-state index < -0.39 is 5.60 Å². The zero-order valence-corrected chi connectivity index (χ0v) is 15.6. The van der Waals surface area contributed by atoms with Gasteiger partial charge in [-0.1, -0.05) is 30.3 Å². The number of rotatable bonds is 4. The summed E-state index contributed by atoms with van der Waals surface area (Å²) in [5.74, 6) is 0.425. The summed E-state index contributed by atoms with van der Waals surface area (Å²) in [5.41, 5.74) is 0.738. The topological polar surface area (TPSA) is 55.6 Å². The molecule has 2 heterocycles. The van der Waals surface area contributed by atoms with Crippen molar-refractivity contribution >= 4 is 5.91 Å². The van der Waals surface area contributed by atoms with E-state index in [0.29, 0.717) is 18.0 Å². The second kappa shape index (κ2) is 6.30. The van der Waals surface area contributed by atoms with E-state index in [0.717, 1.165) is 12.0 Å². The van der Waals surface area contributed by atoms with Gasteiger partial charge < -0.3 is 14.1 Å². The van der Waals surface area contributed by atoms with Crippen LogP contribution in [0.3, 0.4) is 0 Å². The third-order valence-electron chi connectivity index (χ3n) is 4.81. The summed E-state index contributed by atoms with van der Waals surface area (Å²) >= 11 is 0. The predicted molar refractivity (Wildman–Crippen MR) is 95.2 cm³/mol. The number of ether oxygens (including phenoxy) is 1. The van der Waals surface area contributed by atoms with Gasteiger partial charge in [0.2, 0.25) is 0 Å². The van der Waals surface area contributed by atoms with Crippen LogP contribution in [0.2, 0.25) is 0 Å². The minimum absolute atomic E-state index is 0.0497. The normalized spacial score (nSPS) is 21.2. The lowest BCUT2D eigenvalue weighted by molar-refractivity contribution is -0.0785. The van der Waals surface area contributed by atoms with E-state index in [1.807, 2.05) is 49.1 Å². The molecule has 1 atom stereocenters. The Morgan fingerprint density at radius 3 is 2.44 bits per heavy atom. The summed E-state index contributed by atoms with van der Waals surface area (Å²) < 4.78 is 11.5. The zero-order valence-electron chi connectivity index (χ0n) is 15.6. The van der Waals surface area contributed by atoms with Crippen LogP contribution in [0.25, 0.3) is 0 Å². The first-order valence-corrected chi connectivity index (χ1v) is 8.65. The van der Waals surface area contributed by atoms with Gasteiger partial charge in [-0.15, -0.1) is 0 Å². The first kappa shape index (κ1) is 17.7. The molecule has 0 radical (unpaired) electrons. The molecule has 1 aliphatic heterocycles. The minimum atomic E-state index is -0.439. The minimum Gasteiger partial charge on any atom is -0.448 e. The lowest BCUT2D eigenvalue weighted by atomic mass is 9.92. The van der Waals surface area contributed by atoms with Crippen molar-refractivity contribution in [3.63, 3.8) is 0 Å². The molecule has 134 valence electrons. The molecule has 1 amide bonds. The van der Waals surface area contributed by atoms with Gasteiger partial charge in [0.15, 0.2) is 12.1 Å². The van der Waals surface area contributed by atoms with E-state index in [-0.39, 0.29) is 17.6 Å². The number of hydrogen-bond acceptors (Lipinski definition) is 4. The Hall–Kier alpha value is -2.14. The highest BCUT2D eigenvalue weighted by molar-refractivity contribution is 5.93. The average Bonchev–Trinajstić information content (AvgIpc) is 3.04. The van der Waals surface area contributed by atoms with Crippen molar-refractivity contribution in [3.8, 4) is 0 Å². The Balaban J connectivity index is 1.97. The maximum absolute atomic E-state index is 13.3. The van der Waals surface area contributed by atoms with Gasteiger partial charge in [-0.25, -0.2) is 4.98 Å². The fourth-order valence-electron chi connectivity index (χ4n) is 3.77. The van der Waals surface area contributed by atoms with Crippen LogP contribution >= 0.6 is 0 Å². The number of carbonyl (C=O) groups excluding carboxylic acids is 1. The SMILES string of the molecule is Cc1ocnc1C(=O)N(Cc1ccccc1)C1CC(C)(C)OC1(C)C. The first-order chi connectivity index (χ1) is 11.7. The van der Waals surface area contributed by atoms with E-state index in [9.17, 15) is 4.79 Å². The summed E-state index contributed by atoms with van der Waals surface area (Å²) in [6.07, 6.45) is 2.10. The van der Waals surface area contributed by atoms with Crippen LogP contribution in [-0.4, -0.2) is 33.0 Å². The van der Waals surface area contributed by atoms with E-state index in [1.54, 1.807) is 6.92 Å². The van der Waals surface area contributed by atoms with Gasteiger partial charge in [-0.05, 0) is 46.6 Å². The molecular weight excluding hydrogens is 316 g/mol. The number of carbonyl (C=O) groups is 1. The highest BCUT2D eigenvalue weighted by Crippen LogP contribution is 2.41. The van der Waals surface area contributed by atoms with Gasteiger partial charge in [0.05, 0.1) is 17.2 Å². The Labute approximate surface area is 149 Å². The maximum Gasteiger partial charge on any atom is 0.276 e. The molecule has 5 nitrogen and oxygen atoms in total. The molecule has 1 unspecified atom stereocenters. The lowest BCUT2D eigenvalue weighted by Gasteiger charge is -2.36. The molecule has 0 spiro atoms. The molecular formula is C20H26N2O3. The quantitative estimate of drug-likeness (QED) is 0.843. The van der Waals surface area contributed by atoms with Gasteiger partial charge >= 0.3 is 0 Å². The Morgan fingerprint density at radius 2 is 1.92 bits per heavy atom. The van der Waals surface area contributed by atoms with E-state index >= 15 is 0 Å². The number of oxazole rings is 1. The number of benzene rings is 1. The van der Waals surface area contributed by atoms with Crippen molar-refractivity contribution in [2.75, 3.05) is 0 Å². The molecule has 1 fully saturated rings. The molecule has 0 saturated carbocycles. The summed E-state index contributed by atoms with van der Waals surface area (Å²) in [6.45, 7) is 10.5. The zero-order chi connectivity index (χ0) is 18.2. The molecule has 2 aromatic rings. The second-order valence-corrected chi connectivity index (χ2v) is 7.86. The number of aryl methyl sites for hydroxylation is 1. The van der Waals surface area contributed by atoms with Gasteiger partial charge in [-0.3, -0.25) is 4.79 Å². The second-order valence-electron chi connectivity index (χ2n) is 7.86. The summed E-state index contributed by atoms with van der Waals surface area (Å²) in [6, 6.07) is 9.96. The number of aromatic nitrogens is 1. The standard InChI is InChI=1S/C20H26N2O3/c1-14-17(21-13-24-14)18(23)22(12-15-9-7-6-8-10-15)16-11-19(2,3)25-20(16,4)5/h6-10,13,16H,11-12H2,1-5H3. The van der Waals surface area contributed by atoms with E-state index in [1.165, 1.54) is 6.39 Å². The molecule has 1 aromatic carbocycles. The number of hydrogen-bond donors (Lipinski definition) is 0. The molecule has 25 heavy (non-hydrogen) atoms. The fourth-order valence-corrected chi connectivity index (χ4v) is 3.77. The molecule has 0 aliphatic carbocycles. The van der Waals surface area contributed by atoms with E-state index in [4.69, 9.17) is 9.15 Å². The smallest absolute Gasteiger partial charge is 0.276 e. The van der Waals surface area contributed by atoms with Crippen LogP contribution in [0.1, 0.15) is 55.9 Å². The molecule has 1 saturated heterocycles. The molecule has 0 bridgehead atoms. The Kier molecular flexibility index (Phi) is 4.45. The number of amides is 1. The first-order valence-electron chi connectivity index (χ1n) is 8.65. The Morgan fingerprint density at radius 1 is 1.24 bits per heavy atom. The molecule has 5 heteroatoms.